The Kier molecular flexibility index (Phi) is 6.09. The maximum atomic E-state index is 11.4. The predicted octanol–water partition coefficient (Wildman–Crippen LogP) is 1.71. The first-order chi connectivity index (χ1) is 8.22. The molecule has 0 aliphatic rings. The van der Waals surface area contributed by atoms with E-state index in [0.29, 0.717) is 25.9 Å². The van der Waals surface area contributed by atoms with Crippen molar-refractivity contribution in [2.24, 2.45) is 0 Å². The molecule has 0 aromatic heterocycles. The van der Waals surface area contributed by atoms with Gasteiger partial charge in [-0.2, -0.15) is 0 Å². The SMILES string of the molecule is O=CNCCCNC(=O)Nc1cccc(Br)c1. The fourth-order valence-corrected chi connectivity index (χ4v) is 1.59. The summed E-state index contributed by atoms with van der Waals surface area (Å²) in [5, 5.41) is 7.91. The van der Waals surface area contributed by atoms with Crippen LogP contribution in [0, 0.1) is 0 Å². The van der Waals surface area contributed by atoms with E-state index in [9.17, 15) is 9.59 Å². The number of halogens is 1. The molecule has 0 fully saturated rings. The van der Waals surface area contributed by atoms with Crippen LogP contribution in [0.1, 0.15) is 6.42 Å². The van der Waals surface area contributed by atoms with Crippen molar-refractivity contribution in [3.8, 4) is 0 Å². The molecule has 0 aliphatic heterocycles. The molecule has 17 heavy (non-hydrogen) atoms. The summed E-state index contributed by atoms with van der Waals surface area (Å²) in [5.41, 5.74) is 0.725. The molecule has 92 valence electrons. The van der Waals surface area contributed by atoms with Gasteiger partial charge in [-0.05, 0) is 24.6 Å². The molecule has 5 nitrogen and oxygen atoms in total. The molecule has 0 heterocycles. The average molecular weight is 300 g/mol. The number of carbonyl (C=O) groups is 2. The minimum Gasteiger partial charge on any atom is -0.359 e. The van der Waals surface area contributed by atoms with E-state index in [-0.39, 0.29) is 6.03 Å². The fourth-order valence-electron chi connectivity index (χ4n) is 1.19. The molecule has 3 N–H and O–H groups in total. The lowest BCUT2D eigenvalue weighted by molar-refractivity contribution is -0.109. The third kappa shape index (κ3) is 5.91. The minimum atomic E-state index is -0.255. The lowest BCUT2D eigenvalue weighted by Crippen LogP contribution is -2.31. The van der Waals surface area contributed by atoms with Crippen LogP contribution in [-0.2, 0) is 4.79 Å². The predicted molar refractivity (Wildman–Crippen MR) is 69.8 cm³/mol. The molecule has 1 aromatic carbocycles. The van der Waals surface area contributed by atoms with Crippen LogP contribution in [0.5, 0.6) is 0 Å². The Balaban J connectivity index is 2.23. The zero-order chi connectivity index (χ0) is 12.5. The first-order valence-corrected chi connectivity index (χ1v) is 5.99. The second kappa shape index (κ2) is 7.67. The highest BCUT2D eigenvalue weighted by atomic mass is 79.9. The van der Waals surface area contributed by atoms with Crippen LogP contribution >= 0.6 is 15.9 Å². The first-order valence-electron chi connectivity index (χ1n) is 5.20. The number of carbonyl (C=O) groups excluding carboxylic acids is 2. The molecule has 0 radical (unpaired) electrons. The monoisotopic (exact) mass is 299 g/mol. The standard InChI is InChI=1S/C11H14BrN3O2/c12-9-3-1-4-10(7-9)15-11(17)14-6-2-5-13-8-16/h1,3-4,7-8H,2,5-6H2,(H,13,16)(H2,14,15,17). The van der Waals surface area contributed by atoms with Crippen molar-refractivity contribution in [2.75, 3.05) is 18.4 Å². The molecule has 0 spiro atoms. The number of hydrogen-bond donors (Lipinski definition) is 3. The average Bonchev–Trinajstić information content (AvgIpc) is 2.29. The van der Waals surface area contributed by atoms with Crippen LogP contribution in [0.4, 0.5) is 10.5 Å². The fraction of sp³-hybridized carbons (Fsp3) is 0.273. The molecule has 0 bridgehead atoms. The molecule has 1 rings (SSSR count). The zero-order valence-electron chi connectivity index (χ0n) is 9.20. The Morgan fingerprint density at radius 3 is 2.88 bits per heavy atom. The molecular formula is C11H14BrN3O2. The topological polar surface area (TPSA) is 70.2 Å². The van der Waals surface area contributed by atoms with Crippen molar-refractivity contribution in [3.05, 3.63) is 28.7 Å². The van der Waals surface area contributed by atoms with Gasteiger partial charge in [-0.25, -0.2) is 4.79 Å². The van der Waals surface area contributed by atoms with Gasteiger partial charge in [0.05, 0.1) is 0 Å². The van der Waals surface area contributed by atoms with Gasteiger partial charge >= 0.3 is 6.03 Å². The number of benzene rings is 1. The highest BCUT2D eigenvalue weighted by Crippen LogP contribution is 2.15. The van der Waals surface area contributed by atoms with Crippen LogP contribution in [0.3, 0.4) is 0 Å². The molecule has 6 heteroatoms. The minimum absolute atomic E-state index is 0.255. The quantitative estimate of drug-likeness (QED) is 0.553. The van der Waals surface area contributed by atoms with E-state index in [1.807, 2.05) is 18.2 Å². The molecule has 0 unspecified atom stereocenters. The van der Waals surface area contributed by atoms with Crippen molar-refractivity contribution in [1.82, 2.24) is 10.6 Å². The molecular weight excluding hydrogens is 286 g/mol. The third-order valence-corrected chi connectivity index (χ3v) is 2.44. The molecule has 0 aliphatic carbocycles. The maximum absolute atomic E-state index is 11.4. The summed E-state index contributed by atoms with van der Waals surface area (Å²) in [6.07, 6.45) is 1.34. The highest BCUT2D eigenvalue weighted by Gasteiger charge is 2.00. The lowest BCUT2D eigenvalue weighted by atomic mass is 10.3. The summed E-state index contributed by atoms with van der Waals surface area (Å²) in [4.78, 5) is 21.4. The number of hydrogen-bond acceptors (Lipinski definition) is 2. The van der Waals surface area contributed by atoms with Crippen LogP contribution in [-0.4, -0.2) is 25.5 Å². The van der Waals surface area contributed by atoms with Crippen LogP contribution in [0.15, 0.2) is 28.7 Å². The van der Waals surface area contributed by atoms with Crippen LogP contribution in [0.2, 0.25) is 0 Å². The second-order valence-corrected chi connectivity index (χ2v) is 4.23. The van der Waals surface area contributed by atoms with Gasteiger partial charge in [0.25, 0.3) is 0 Å². The number of rotatable bonds is 6. The van der Waals surface area contributed by atoms with Gasteiger partial charge in [0.1, 0.15) is 0 Å². The van der Waals surface area contributed by atoms with Gasteiger partial charge in [0, 0.05) is 23.2 Å². The summed E-state index contributed by atoms with van der Waals surface area (Å²) in [7, 11) is 0. The Hall–Kier alpha value is -1.56. The van der Waals surface area contributed by atoms with Gasteiger partial charge in [0.15, 0.2) is 0 Å². The second-order valence-electron chi connectivity index (χ2n) is 3.32. The summed E-state index contributed by atoms with van der Waals surface area (Å²) in [5.74, 6) is 0. The van der Waals surface area contributed by atoms with Crippen molar-refractivity contribution >= 4 is 34.1 Å². The van der Waals surface area contributed by atoms with E-state index in [4.69, 9.17) is 0 Å². The van der Waals surface area contributed by atoms with E-state index in [1.165, 1.54) is 0 Å². The Morgan fingerprint density at radius 2 is 2.18 bits per heavy atom. The van der Waals surface area contributed by atoms with Gasteiger partial charge in [-0.3, -0.25) is 4.79 Å². The van der Waals surface area contributed by atoms with E-state index >= 15 is 0 Å². The largest absolute Gasteiger partial charge is 0.359 e. The van der Waals surface area contributed by atoms with Crippen LogP contribution < -0.4 is 16.0 Å². The summed E-state index contributed by atoms with van der Waals surface area (Å²) in [6.45, 7) is 1.07. The number of urea groups is 1. The Labute approximate surface area is 108 Å². The molecule has 0 saturated heterocycles. The molecule has 0 saturated carbocycles. The molecule has 0 atom stereocenters. The summed E-state index contributed by atoms with van der Waals surface area (Å²) < 4.78 is 0.908. The molecule has 3 amide bonds. The van der Waals surface area contributed by atoms with Crippen molar-refractivity contribution in [1.29, 1.82) is 0 Å². The van der Waals surface area contributed by atoms with E-state index in [0.717, 1.165) is 10.2 Å². The summed E-state index contributed by atoms with van der Waals surface area (Å²) in [6, 6.07) is 7.09. The van der Waals surface area contributed by atoms with Crippen molar-refractivity contribution in [3.63, 3.8) is 0 Å². The Morgan fingerprint density at radius 1 is 1.35 bits per heavy atom. The van der Waals surface area contributed by atoms with Crippen molar-refractivity contribution in [2.45, 2.75) is 6.42 Å². The number of anilines is 1. The van der Waals surface area contributed by atoms with Crippen LogP contribution in [0.25, 0.3) is 0 Å². The summed E-state index contributed by atoms with van der Waals surface area (Å²) >= 11 is 3.32. The van der Waals surface area contributed by atoms with Gasteiger partial charge in [0.2, 0.25) is 6.41 Å². The van der Waals surface area contributed by atoms with Gasteiger partial charge < -0.3 is 16.0 Å². The van der Waals surface area contributed by atoms with E-state index in [2.05, 4.69) is 31.9 Å². The lowest BCUT2D eigenvalue weighted by Gasteiger charge is -2.07. The number of nitrogens with one attached hydrogen (secondary N) is 3. The van der Waals surface area contributed by atoms with E-state index < -0.39 is 0 Å². The zero-order valence-corrected chi connectivity index (χ0v) is 10.8. The number of amides is 3. The van der Waals surface area contributed by atoms with Crippen molar-refractivity contribution < 1.29 is 9.59 Å². The maximum Gasteiger partial charge on any atom is 0.319 e. The van der Waals surface area contributed by atoms with Gasteiger partial charge in [-0.1, -0.05) is 22.0 Å². The highest BCUT2D eigenvalue weighted by molar-refractivity contribution is 9.10. The molecule has 1 aromatic rings. The van der Waals surface area contributed by atoms with E-state index in [1.54, 1.807) is 6.07 Å². The smallest absolute Gasteiger partial charge is 0.319 e. The normalized spacial score (nSPS) is 9.47. The Bertz CT molecular complexity index is 385. The first kappa shape index (κ1) is 13.5. The third-order valence-electron chi connectivity index (χ3n) is 1.95. The van der Waals surface area contributed by atoms with Gasteiger partial charge in [-0.15, -0.1) is 0 Å².